The maximum Gasteiger partial charge on any atom is 0.246 e. The summed E-state index contributed by atoms with van der Waals surface area (Å²) in [6, 6.07) is 6.06. The second-order valence-corrected chi connectivity index (χ2v) is 10.3. The number of nitrogens with one attached hydrogen (secondary N) is 2. The number of fused-ring (bicyclic) bond motifs is 1. The van der Waals surface area contributed by atoms with Gasteiger partial charge in [-0.3, -0.25) is 9.48 Å². The molecule has 9 nitrogen and oxygen atoms in total. The van der Waals surface area contributed by atoms with E-state index in [9.17, 15) is 13.2 Å². The van der Waals surface area contributed by atoms with Gasteiger partial charge in [0.25, 0.3) is 0 Å². The van der Waals surface area contributed by atoms with E-state index in [1.807, 2.05) is 19.1 Å². The molecule has 0 unspecified atom stereocenters. The highest BCUT2D eigenvalue weighted by molar-refractivity contribution is 7.89. The zero-order valence-corrected chi connectivity index (χ0v) is 19.6. The quantitative estimate of drug-likeness (QED) is 0.537. The van der Waals surface area contributed by atoms with E-state index in [2.05, 4.69) is 26.4 Å². The van der Waals surface area contributed by atoms with Crippen LogP contribution in [0, 0.1) is 20.8 Å². The highest BCUT2D eigenvalue weighted by Crippen LogP contribution is 2.26. The number of rotatable bonds is 8. The van der Waals surface area contributed by atoms with E-state index in [1.54, 1.807) is 18.5 Å². The number of H-pyrrole nitrogens is 1. The van der Waals surface area contributed by atoms with Crippen molar-refractivity contribution in [1.82, 2.24) is 29.4 Å². The van der Waals surface area contributed by atoms with E-state index in [1.165, 1.54) is 9.87 Å². The zero-order chi connectivity index (χ0) is 22.9. The Bertz CT molecular complexity index is 1240. The van der Waals surface area contributed by atoms with Crippen molar-refractivity contribution in [1.29, 1.82) is 0 Å². The van der Waals surface area contributed by atoms with Crippen molar-refractivity contribution in [2.75, 3.05) is 19.6 Å². The number of aromatic nitrogens is 4. The fourth-order valence-electron chi connectivity index (χ4n) is 4.24. The Morgan fingerprint density at radius 2 is 1.94 bits per heavy atom. The van der Waals surface area contributed by atoms with Gasteiger partial charge in [0.05, 0.1) is 29.0 Å². The molecule has 0 spiro atoms. The number of benzene rings is 1. The molecule has 0 radical (unpaired) electrons. The Balaban J connectivity index is 1.32. The maximum absolute atomic E-state index is 13.0. The number of carbonyl (C=O) groups excluding carboxylic acids is 1. The molecular weight excluding hydrogens is 428 g/mol. The predicted octanol–water partition coefficient (Wildman–Crippen LogP) is 2.22. The van der Waals surface area contributed by atoms with E-state index in [0.717, 1.165) is 29.7 Å². The summed E-state index contributed by atoms with van der Waals surface area (Å²) < 4.78 is 29.1. The molecule has 2 aromatic heterocycles. The summed E-state index contributed by atoms with van der Waals surface area (Å²) in [6.07, 6.45) is 2.61. The summed E-state index contributed by atoms with van der Waals surface area (Å²) in [6.45, 7) is 7.42. The molecule has 1 aromatic carbocycles. The average Bonchev–Trinajstić information content (AvgIpc) is 3.45. The standard InChI is InChI=1S/C22H30N6O3S/c1-15-6-7-18-19(14-15)25-20(24-18)8-10-23-21(29)9-13-28-17(3)22(16(2)26-28)32(30,31)27-11-4-5-12-27/h6-7,14H,4-5,8-13H2,1-3H3,(H,23,29)(H,24,25). The molecule has 0 bridgehead atoms. The number of amides is 1. The molecular formula is C22H30N6O3S. The molecule has 0 aliphatic carbocycles. The van der Waals surface area contributed by atoms with Crippen LogP contribution in [0.1, 0.15) is 42.0 Å². The fraction of sp³-hybridized carbons (Fsp3) is 0.500. The second-order valence-electron chi connectivity index (χ2n) is 8.39. The molecule has 2 N–H and O–H groups in total. The zero-order valence-electron chi connectivity index (χ0n) is 18.8. The number of carbonyl (C=O) groups is 1. The van der Waals surface area contributed by atoms with Crippen molar-refractivity contribution in [3.63, 3.8) is 0 Å². The van der Waals surface area contributed by atoms with Crippen LogP contribution in [-0.2, 0) is 27.8 Å². The molecule has 0 saturated carbocycles. The lowest BCUT2D eigenvalue weighted by Crippen LogP contribution is -2.29. The molecule has 32 heavy (non-hydrogen) atoms. The highest BCUT2D eigenvalue weighted by atomic mass is 32.2. The number of imidazole rings is 1. The first-order chi connectivity index (χ1) is 15.3. The maximum atomic E-state index is 13.0. The van der Waals surface area contributed by atoms with Crippen LogP contribution in [0.3, 0.4) is 0 Å². The van der Waals surface area contributed by atoms with Gasteiger partial charge in [0.15, 0.2) is 0 Å². The van der Waals surface area contributed by atoms with Gasteiger partial charge < -0.3 is 10.3 Å². The van der Waals surface area contributed by atoms with Crippen LogP contribution in [0.2, 0.25) is 0 Å². The normalized spacial score (nSPS) is 15.0. The number of aromatic amines is 1. The Morgan fingerprint density at radius 3 is 2.69 bits per heavy atom. The number of sulfonamides is 1. The number of hydrogen-bond acceptors (Lipinski definition) is 5. The third-order valence-electron chi connectivity index (χ3n) is 5.90. The third kappa shape index (κ3) is 4.56. The summed E-state index contributed by atoms with van der Waals surface area (Å²) in [5, 5.41) is 7.30. The third-order valence-corrected chi connectivity index (χ3v) is 8.05. The van der Waals surface area contributed by atoms with Gasteiger partial charge in [0.1, 0.15) is 10.7 Å². The molecule has 1 aliphatic rings. The Morgan fingerprint density at radius 1 is 1.19 bits per heavy atom. The van der Waals surface area contributed by atoms with E-state index in [0.29, 0.717) is 44.0 Å². The molecule has 10 heteroatoms. The van der Waals surface area contributed by atoms with E-state index < -0.39 is 10.0 Å². The minimum absolute atomic E-state index is 0.103. The van der Waals surface area contributed by atoms with Gasteiger partial charge in [-0.2, -0.15) is 9.40 Å². The van der Waals surface area contributed by atoms with Crippen LogP contribution >= 0.6 is 0 Å². The molecule has 3 aromatic rings. The van der Waals surface area contributed by atoms with Gasteiger partial charge in [0, 0.05) is 32.5 Å². The van der Waals surface area contributed by atoms with E-state index in [-0.39, 0.29) is 17.2 Å². The Hall–Kier alpha value is -2.72. The summed E-state index contributed by atoms with van der Waals surface area (Å²) in [5.41, 5.74) is 4.15. The lowest BCUT2D eigenvalue weighted by molar-refractivity contribution is -0.121. The minimum Gasteiger partial charge on any atom is -0.356 e. The van der Waals surface area contributed by atoms with Crippen LogP contribution in [0.4, 0.5) is 0 Å². The first-order valence-corrected chi connectivity index (χ1v) is 12.5. The molecule has 1 saturated heterocycles. The number of aryl methyl sites for hydroxylation is 3. The van der Waals surface area contributed by atoms with E-state index in [4.69, 9.17) is 0 Å². The first kappa shape index (κ1) is 22.5. The molecule has 1 amide bonds. The van der Waals surface area contributed by atoms with Gasteiger partial charge in [0.2, 0.25) is 15.9 Å². The van der Waals surface area contributed by atoms with Crippen molar-refractivity contribution in [2.24, 2.45) is 0 Å². The lowest BCUT2D eigenvalue weighted by Gasteiger charge is -2.15. The van der Waals surface area contributed by atoms with Crippen molar-refractivity contribution in [3.8, 4) is 0 Å². The fourth-order valence-corrected chi connectivity index (χ4v) is 6.13. The molecule has 4 rings (SSSR count). The van der Waals surface area contributed by atoms with Crippen LogP contribution in [0.25, 0.3) is 11.0 Å². The second kappa shape index (κ2) is 9.03. The van der Waals surface area contributed by atoms with Crippen molar-refractivity contribution in [2.45, 2.75) is 57.9 Å². The lowest BCUT2D eigenvalue weighted by atomic mass is 10.2. The van der Waals surface area contributed by atoms with Crippen molar-refractivity contribution >= 4 is 27.0 Å². The van der Waals surface area contributed by atoms with Crippen LogP contribution in [0.5, 0.6) is 0 Å². The molecule has 1 aliphatic heterocycles. The van der Waals surface area contributed by atoms with E-state index >= 15 is 0 Å². The monoisotopic (exact) mass is 458 g/mol. The smallest absolute Gasteiger partial charge is 0.246 e. The summed E-state index contributed by atoms with van der Waals surface area (Å²) in [5.74, 6) is 0.731. The molecule has 0 atom stereocenters. The van der Waals surface area contributed by atoms with Gasteiger partial charge in [-0.05, 0) is 51.3 Å². The topological polar surface area (TPSA) is 113 Å². The molecule has 1 fully saturated rings. The van der Waals surface area contributed by atoms with Gasteiger partial charge in [-0.15, -0.1) is 0 Å². The summed E-state index contributed by atoms with van der Waals surface area (Å²) in [4.78, 5) is 20.4. The van der Waals surface area contributed by atoms with Gasteiger partial charge in [-0.25, -0.2) is 13.4 Å². The largest absolute Gasteiger partial charge is 0.356 e. The Kier molecular flexibility index (Phi) is 6.34. The van der Waals surface area contributed by atoms with Crippen LogP contribution in [0.15, 0.2) is 23.1 Å². The van der Waals surface area contributed by atoms with Crippen molar-refractivity contribution in [3.05, 3.63) is 41.0 Å². The van der Waals surface area contributed by atoms with Gasteiger partial charge in [-0.1, -0.05) is 6.07 Å². The first-order valence-electron chi connectivity index (χ1n) is 11.0. The summed E-state index contributed by atoms with van der Waals surface area (Å²) >= 11 is 0. The highest BCUT2D eigenvalue weighted by Gasteiger charge is 2.32. The number of hydrogen-bond donors (Lipinski definition) is 2. The molecule has 3 heterocycles. The SMILES string of the molecule is Cc1ccc2nc(CCNC(=O)CCn3nc(C)c(S(=O)(=O)N4CCCC4)c3C)[nH]c2c1. The predicted molar refractivity (Wildman–Crippen MR) is 122 cm³/mol. The average molecular weight is 459 g/mol. The minimum atomic E-state index is -3.54. The Labute approximate surface area is 188 Å². The van der Waals surface area contributed by atoms with Crippen LogP contribution in [-0.4, -0.2) is 58.0 Å². The van der Waals surface area contributed by atoms with Crippen molar-refractivity contribution < 1.29 is 13.2 Å². The number of nitrogens with zero attached hydrogens (tertiary/aromatic N) is 4. The van der Waals surface area contributed by atoms with Gasteiger partial charge >= 0.3 is 0 Å². The summed E-state index contributed by atoms with van der Waals surface area (Å²) in [7, 11) is -3.54. The van der Waals surface area contributed by atoms with Crippen LogP contribution < -0.4 is 5.32 Å². The molecule has 172 valence electrons.